The van der Waals surface area contributed by atoms with Gasteiger partial charge in [0.25, 0.3) is 15.9 Å². The second kappa shape index (κ2) is 8.67. The summed E-state index contributed by atoms with van der Waals surface area (Å²) in [4.78, 5) is 12.6. The van der Waals surface area contributed by atoms with E-state index in [4.69, 9.17) is 4.74 Å². The number of amides is 1. The van der Waals surface area contributed by atoms with E-state index in [1.807, 2.05) is 31.2 Å². The first-order valence-electron chi connectivity index (χ1n) is 8.91. The lowest BCUT2D eigenvalue weighted by Gasteiger charge is -2.19. The third-order valence-corrected chi connectivity index (χ3v) is 7.71. The van der Waals surface area contributed by atoms with Crippen molar-refractivity contribution in [3.8, 4) is 5.75 Å². The number of para-hydroxylation sites is 1. The van der Waals surface area contributed by atoms with Crippen LogP contribution in [0.4, 0.5) is 5.69 Å². The van der Waals surface area contributed by atoms with E-state index in [0.29, 0.717) is 17.0 Å². The number of benzene rings is 2. The van der Waals surface area contributed by atoms with E-state index >= 15 is 0 Å². The maximum absolute atomic E-state index is 12.6. The Bertz CT molecular complexity index is 1080. The number of sulfonamides is 1. The zero-order chi connectivity index (χ0) is 21.0. The highest BCUT2D eigenvalue weighted by Gasteiger charge is 2.22. The average molecular weight is 431 g/mol. The molecule has 1 atom stereocenters. The normalized spacial score (nSPS) is 12.2. The van der Waals surface area contributed by atoms with Crippen molar-refractivity contribution < 1.29 is 17.9 Å². The number of nitrogens with one attached hydrogen (secondary N) is 1. The molecule has 0 aliphatic heterocycles. The molecule has 0 aliphatic rings. The molecule has 0 saturated heterocycles. The number of rotatable bonds is 7. The number of hydrogen-bond acceptors (Lipinski definition) is 5. The van der Waals surface area contributed by atoms with Gasteiger partial charge in [0.1, 0.15) is 9.96 Å². The van der Waals surface area contributed by atoms with Gasteiger partial charge in [-0.15, -0.1) is 11.3 Å². The molecular weight excluding hydrogens is 408 g/mol. The smallest absolute Gasteiger partial charge is 0.273 e. The number of nitrogens with zero attached hydrogens (tertiary/aromatic N) is 1. The molecule has 152 valence electrons. The van der Waals surface area contributed by atoms with Crippen LogP contribution in [0.3, 0.4) is 0 Å². The van der Waals surface area contributed by atoms with Crippen LogP contribution in [-0.2, 0) is 10.0 Å². The minimum absolute atomic E-state index is 0.250. The number of hydrogen-bond donors (Lipinski definition) is 1. The lowest BCUT2D eigenvalue weighted by molar-refractivity contribution is 0.0939. The van der Waals surface area contributed by atoms with E-state index in [-0.39, 0.29) is 16.2 Å². The van der Waals surface area contributed by atoms with Gasteiger partial charge < -0.3 is 10.1 Å². The first-order chi connectivity index (χ1) is 13.8. The minimum atomic E-state index is -3.61. The highest BCUT2D eigenvalue weighted by atomic mass is 32.2. The molecule has 0 bridgehead atoms. The summed E-state index contributed by atoms with van der Waals surface area (Å²) in [6.07, 6.45) is 0. The topological polar surface area (TPSA) is 75.7 Å². The number of methoxy groups -OCH3 is 1. The summed E-state index contributed by atoms with van der Waals surface area (Å²) in [5.41, 5.74) is 1.80. The highest BCUT2D eigenvalue weighted by molar-refractivity contribution is 7.94. The third kappa shape index (κ3) is 4.44. The summed E-state index contributed by atoms with van der Waals surface area (Å²) in [7, 11) is -0.523. The van der Waals surface area contributed by atoms with Crippen molar-refractivity contribution in [3.05, 3.63) is 77.2 Å². The van der Waals surface area contributed by atoms with E-state index in [1.54, 1.807) is 48.9 Å². The maximum atomic E-state index is 12.6. The van der Waals surface area contributed by atoms with E-state index in [2.05, 4.69) is 5.32 Å². The monoisotopic (exact) mass is 430 g/mol. The van der Waals surface area contributed by atoms with Crippen molar-refractivity contribution >= 4 is 33.0 Å². The van der Waals surface area contributed by atoms with Crippen molar-refractivity contribution in [2.75, 3.05) is 18.5 Å². The lowest BCUT2D eigenvalue weighted by Crippen LogP contribution is -2.27. The Kier molecular flexibility index (Phi) is 6.24. The van der Waals surface area contributed by atoms with Gasteiger partial charge in [-0.1, -0.05) is 24.3 Å². The average Bonchev–Trinajstić information content (AvgIpc) is 3.29. The van der Waals surface area contributed by atoms with Gasteiger partial charge in [0.05, 0.1) is 18.8 Å². The van der Waals surface area contributed by atoms with Crippen molar-refractivity contribution in [2.45, 2.75) is 17.2 Å². The number of carbonyl (C=O) groups is 1. The Morgan fingerprint density at radius 3 is 2.38 bits per heavy atom. The van der Waals surface area contributed by atoms with Gasteiger partial charge >= 0.3 is 0 Å². The van der Waals surface area contributed by atoms with Crippen LogP contribution >= 0.6 is 11.3 Å². The predicted molar refractivity (Wildman–Crippen MR) is 115 cm³/mol. The summed E-state index contributed by atoms with van der Waals surface area (Å²) in [6.45, 7) is 1.88. The van der Waals surface area contributed by atoms with Gasteiger partial charge in [-0.3, -0.25) is 9.10 Å². The minimum Gasteiger partial charge on any atom is -0.496 e. The van der Waals surface area contributed by atoms with Crippen molar-refractivity contribution in [3.63, 3.8) is 0 Å². The summed E-state index contributed by atoms with van der Waals surface area (Å²) in [6, 6.07) is 17.0. The largest absolute Gasteiger partial charge is 0.496 e. The van der Waals surface area contributed by atoms with Crippen LogP contribution in [0.5, 0.6) is 5.75 Å². The summed E-state index contributed by atoms with van der Waals surface area (Å²) >= 11 is 1.16. The molecule has 0 aliphatic carbocycles. The van der Waals surface area contributed by atoms with Gasteiger partial charge in [0, 0.05) is 18.2 Å². The van der Waals surface area contributed by atoms with E-state index in [0.717, 1.165) is 16.9 Å². The molecule has 1 heterocycles. The fraction of sp³-hybridized carbons (Fsp3) is 0.190. The van der Waals surface area contributed by atoms with Gasteiger partial charge in [-0.05, 0) is 48.7 Å². The predicted octanol–water partition coefficient (Wildman–Crippen LogP) is 4.07. The molecule has 2 aromatic carbocycles. The van der Waals surface area contributed by atoms with Crippen LogP contribution in [0.1, 0.15) is 28.9 Å². The molecule has 6 nitrogen and oxygen atoms in total. The molecule has 1 amide bonds. The zero-order valence-corrected chi connectivity index (χ0v) is 18.0. The molecule has 1 N–H and O–H groups in total. The zero-order valence-electron chi connectivity index (χ0n) is 16.3. The molecule has 0 fully saturated rings. The Balaban J connectivity index is 1.73. The van der Waals surface area contributed by atoms with Gasteiger partial charge in [-0.25, -0.2) is 8.42 Å². The van der Waals surface area contributed by atoms with Crippen LogP contribution < -0.4 is 14.4 Å². The molecule has 3 rings (SSSR count). The third-order valence-electron chi connectivity index (χ3n) is 4.56. The van der Waals surface area contributed by atoms with Gasteiger partial charge in [0.15, 0.2) is 0 Å². The molecule has 8 heteroatoms. The first-order valence-corrected chi connectivity index (χ1v) is 11.2. The van der Waals surface area contributed by atoms with E-state index < -0.39 is 10.0 Å². The SMILES string of the molecule is COc1ccccc1[C@@H](C)NC(=O)c1ccc(N(C)S(=O)(=O)c2cccs2)cc1. The van der Waals surface area contributed by atoms with Crippen LogP contribution in [0.2, 0.25) is 0 Å². The number of carbonyl (C=O) groups excluding carboxylic acids is 1. The molecular formula is C21H22N2O4S2. The molecule has 0 saturated carbocycles. The molecule has 3 aromatic rings. The highest BCUT2D eigenvalue weighted by Crippen LogP contribution is 2.26. The standard InChI is InChI=1S/C21H22N2O4S2/c1-15(18-7-4-5-8-19(18)27-3)22-21(24)16-10-12-17(13-11-16)23(2)29(25,26)20-9-6-14-28-20/h4-15H,1-3H3,(H,22,24)/t15-/m1/s1. The molecule has 1 aromatic heterocycles. The number of ether oxygens (including phenoxy) is 1. The van der Waals surface area contributed by atoms with E-state index in [9.17, 15) is 13.2 Å². The van der Waals surface area contributed by atoms with Crippen molar-refractivity contribution in [1.82, 2.24) is 5.32 Å². The summed E-state index contributed by atoms with van der Waals surface area (Å²) < 4.78 is 32.1. The van der Waals surface area contributed by atoms with Crippen LogP contribution in [0.25, 0.3) is 0 Å². The Hall–Kier alpha value is -2.84. The van der Waals surface area contributed by atoms with Crippen LogP contribution in [-0.4, -0.2) is 28.5 Å². The maximum Gasteiger partial charge on any atom is 0.273 e. The van der Waals surface area contributed by atoms with E-state index in [1.165, 1.54) is 11.4 Å². The van der Waals surface area contributed by atoms with Crippen molar-refractivity contribution in [2.24, 2.45) is 0 Å². The fourth-order valence-corrected chi connectivity index (χ4v) is 5.25. The number of anilines is 1. The second-order valence-electron chi connectivity index (χ2n) is 6.39. The Morgan fingerprint density at radius 2 is 1.76 bits per heavy atom. The molecule has 0 radical (unpaired) electrons. The summed E-state index contributed by atoms with van der Waals surface area (Å²) in [5.74, 6) is 0.453. The molecule has 29 heavy (non-hydrogen) atoms. The number of thiophene rings is 1. The first kappa shape index (κ1) is 20.9. The van der Waals surface area contributed by atoms with Crippen molar-refractivity contribution in [1.29, 1.82) is 0 Å². The Labute approximate surface area is 174 Å². The fourth-order valence-electron chi connectivity index (χ4n) is 2.89. The molecule has 0 unspecified atom stereocenters. The second-order valence-corrected chi connectivity index (χ2v) is 9.53. The van der Waals surface area contributed by atoms with Gasteiger partial charge in [0.2, 0.25) is 0 Å². The quantitative estimate of drug-likeness (QED) is 0.613. The molecule has 0 spiro atoms. The van der Waals surface area contributed by atoms with Crippen LogP contribution in [0, 0.1) is 0 Å². The summed E-state index contributed by atoms with van der Waals surface area (Å²) in [5, 5.41) is 4.66. The Morgan fingerprint density at radius 1 is 1.07 bits per heavy atom. The lowest BCUT2D eigenvalue weighted by atomic mass is 10.1. The van der Waals surface area contributed by atoms with Crippen LogP contribution in [0.15, 0.2) is 70.3 Å². The van der Waals surface area contributed by atoms with Gasteiger partial charge in [-0.2, -0.15) is 0 Å².